The van der Waals surface area contributed by atoms with Crippen molar-refractivity contribution < 1.29 is 18.7 Å². The van der Waals surface area contributed by atoms with Crippen molar-refractivity contribution in [2.75, 3.05) is 25.6 Å². The second-order valence-electron chi connectivity index (χ2n) is 9.80. The highest BCUT2D eigenvalue weighted by Crippen LogP contribution is 2.38. The number of nitrogens with one attached hydrogen (secondary N) is 3. The maximum atomic E-state index is 15.1. The van der Waals surface area contributed by atoms with Gasteiger partial charge in [0, 0.05) is 62.4 Å². The lowest BCUT2D eigenvalue weighted by Gasteiger charge is -2.40. The van der Waals surface area contributed by atoms with Crippen molar-refractivity contribution in [3.05, 3.63) is 35.9 Å². The van der Waals surface area contributed by atoms with Gasteiger partial charge in [-0.2, -0.15) is 5.10 Å². The normalized spacial score (nSPS) is 24.2. The largest absolute Gasteiger partial charge is 0.443 e. The van der Waals surface area contributed by atoms with Gasteiger partial charge in [-0.15, -0.1) is 0 Å². The fourth-order valence-electron chi connectivity index (χ4n) is 4.91. The third kappa shape index (κ3) is 5.14. The standard InChI is InChI=1S/C24H33FN8O3/c1-14(2)27-24(34)36-19-5-4-17(22(19)25)18-10-20(31-30-18)29-23-26-8-6-21-28-15(12-33(21)23)11-32-9-7-16(32)13-35-3/h6,8,10,12,14,16-17,19,22H,4-5,7,9,11,13H2,1-3H3,(H,27,34)(H2,26,29,30,31)/t16?,17-,19-,22+/m0/s1. The third-order valence-electron chi connectivity index (χ3n) is 6.83. The number of H-pyrrole nitrogens is 1. The number of methoxy groups -OCH3 is 1. The molecule has 194 valence electrons. The quantitative estimate of drug-likeness (QED) is 0.410. The van der Waals surface area contributed by atoms with Gasteiger partial charge < -0.3 is 20.1 Å². The lowest BCUT2D eigenvalue weighted by molar-refractivity contribution is 0.0171. The number of amides is 1. The Labute approximate surface area is 208 Å². The van der Waals surface area contributed by atoms with Gasteiger partial charge in [0.15, 0.2) is 5.82 Å². The van der Waals surface area contributed by atoms with E-state index >= 15 is 4.39 Å². The minimum absolute atomic E-state index is 0.0677. The molecule has 1 amide bonds. The van der Waals surface area contributed by atoms with Crippen molar-refractivity contribution in [3.63, 3.8) is 0 Å². The van der Waals surface area contributed by atoms with Crippen LogP contribution >= 0.6 is 0 Å². The molecule has 0 radical (unpaired) electrons. The molecular weight excluding hydrogens is 467 g/mol. The zero-order valence-corrected chi connectivity index (χ0v) is 20.8. The molecular formula is C24H33FN8O3. The maximum Gasteiger partial charge on any atom is 0.407 e. The summed E-state index contributed by atoms with van der Waals surface area (Å²) >= 11 is 0. The van der Waals surface area contributed by atoms with Gasteiger partial charge in [0.1, 0.15) is 17.9 Å². The molecule has 12 heteroatoms. The molecule has 3 N–H and O–H groups in total. The molecule has 4 heterocycles. The van der Waals surface area contributed by atoms with Crippen molar-refractivity contribution in [2.45, 2.75) is 69.9 Å². The summed E-state index contributed by atoms with van der Waals surface area (Å²) in [6, 6.07) is 4.00. The number of rotatable bonds is 9. The summed E-state index contributed by atoms with van der Waals surface area (Å²) in [6.07, 6.45) is 3.14. The number of hydrogen-bond donors (Lipinski definition) is 3. The van der Waals surface area contributed by atoms with Crippen LogP contribution in [0.2, 0.25) is 0 Å². The molecule has 2 fully saturated rings. The molecule has 3 aromatic rings. The molecule has 1 unspecified atom stereocenters. The third-order valence-corrected chi connectivity index (χ3v) is 6.83. The maximum absolute atomic E-state index is 15.1. The number of fused-ring (bicyclic) bond motifs is 1. The van der Waals surface area contributed by atoms with E-state index in [4.69, 9.17) is 14.5 Å². The molecule has 1 saturated carbocycles. The van der Waals surface area contributed by atoms with Crippen molar-refractivity contribution in [3.8, 4) is 0 Å². The molecule has 11 nitrogen and oxygen atoms in total. The van der Waals surface area contributed by atoms with E-state index in [1.807, 2.05) is 30.5 Å². The molecule has 0 bridgehead atoms. The smallest absolute Gasteiger partial charge is 0.407 e. The second kappa shape index (κ2) is 10.4. The van der Waals surface area contributed by atoms with Crippen LogP contribution in [0.3, 0.4) is 0 Å². The van der Waals surface area contributed by atoms with Gasteiger partial charge in [0.05, 0.1) is 12.3 Å². The van der Waals surface area contributed by atoms with Crippen molar-refractivity contribution in [2.24, 2.45) is 0 Å². The molecule has 5 rings (SSSR count). The van der Waals surface area contributed by atoms with Crippen LogP contribution < -0.4 is 10.6 Å². The summed E-state index contributed by atoms with van der Waals surface area (Å²) < 4.78 is 27.6. The predicted molar refractivity (Wildman–Crippen MR) is 131 cm³/mol. The van der Waals surface area contributed by atoms with E-state index in [1.165, 1.54) is 0 Å². The van der Waals surface area contributed by atoms with E-state index in [1.54, 1.807) is 19.4 Å². The number of hydrogen-bond acceptors (Lipinski definition) is 8. The Morgan fingerprint density at radius 1 is 1.33 bits per heavy atom. The first-order valence-corrected chi connectivity index (χ1v) is 12.4. The predicted octanol–water partition coefficient (Wildman–Crippen LogP) is 3.14. The van der Waals surface area contributed by atoms with Gasteiger partial charge in [-0.1, -0.05) is 0 Å². The Balaban J connectivity index is 1.24. The molecule has 1 saturated heterocycles. The van der Waals surface area contributed by atoms with Gasteiger partial charge in [-0.3, -0.25) is 14.4 Å². The highest BCUT2D eigenvalue weighted by atomic mass is 19.1. The minimum Gasteiger partial charge on any atom is -0.443 e. The first kappa shape index (κ1) is 24.4. The molecule has 3 aromatic heterocycles. The monoisotopic (exact) mass is 500 g/mol. The van der Waals surface area contributed by atoms with Crippen LogP contribution in [0.1, 0.15) is 50.4 Å². The fourth-order valence-corrected chi connectivity index (χ4v) is 4.91. The number of halogens is 1. The summed E-state index contributed by atoms with van der Waals surface area (Å²) in [6.45, 7) is 6.17. The SMILES string of the molecule is COCC1CCN1Cc1cn2c(Nc3cc([C@@H]4CC[C@H](OC(=O)NC(C)C)[C@@H]4F)[nH]n3)nccc2n1. The van der Waals surface area contributed by atoms with Crippen LogP contribution in [0.15, 0.2) is 24.5 Å². The highest BCUT2D eigenvalue weighted by Gasteiger charge is 2.41. The number of nitrogens with zero attached hydrogens (tertiary/aromatic N) is 5. The Hall–Kier alpha value is -3.25. The summed E-state index contributed by atoms with van der Waals surface area (Å²) in [5.41, 5.74) is 2.38. The number of imidazole rings is 1. The van der Waals surface area contributed by atoms with E-state index < -0.39 is 24.3 Å². The average Bonchev–Trinajstić information content (AvgIpc) is 3.54. The van der Waals surface area contributed by atoms with Crippen LogP contribution in [-0.2, 0) is 16.0 Å². The second-order valence-corrected chi connectivity index (χ2v) is 9.80. The zero-order valence-electron chi connectivity index (χ0n) is 20.8. The number of likely N-dealkylation sites (tertiary alicyclic amines) is 1. The average molecular weight is 501 g/mol. The number of aromatic amines is 1. The van der Waals surface area contributed by atoms with E-state index in [0.29, 0.717) is 36.3 Å². The van der Waals surface area contributed by atoms with Crippen molar-refractivity contribution in [1.29, 1.82) is 0 Å². The van der Waals surface area contributed by atoms with E-state index in [2.05, 4.69) is 30.7 Å². The molecule has 4 atom stereocenters. The Kier molecular flexibility index (Phi) is 7.06. The van der Waals surface area contributed by atoms with E-state index in [9.17, 15) is 4.79 Å². The van der Waals surface area contributed by atoms with Crippen LogP contribution in [0.4, 0.5) is 21.0 Å². The first-order chi connectivity index (χ1) is 17.4. The summed E-state index contributed by atoms with van der Waals surface area (Å²) in [5, 5.41) is 13.1. The molecule has 36 heavy (non-hydrogen) atoms. The molecule has 1 aliphatic heterocycles. The summed E-state index contributed by atoms with van der Waals surface area (Å²) in [7, 11) is 1.73. The van der Waals surface area contributed by atoms with Crippen LogP contribution in [0.25, 0.3) is 5.65 Å². The number of carbonyl (C=O) groups is 1. The molecule has 0 aromatic carbocycles. The van der Waals surface area contributed by atoms with Gasteiger partial charge in [-0.05, 0) is 39.2 Å². The Morgan fingerprint density at radius 3 is 2.94 bits per heavy atom. The lowest BCUT2D eigenvalue weighted by atomic mass is 10.0. The lowest BCUT2D eigenvalue weighted by Crippen LogP contribution is -2.49. The van der Waals surface area contributed by atoms with E-state index in [-0.39, 0.29) is 6.04 Å². The fraction of sp³-hybridized carbons (Fsp3) is 0.583. The number of alkyl carbamates (subject to hydrolysis) is 1. The number of ether oxygens (including phenoxy) is 2. The number of anilines is 2. The molecule has 1 aliphatic carbocycles. The van der Waals surface area contributed by atoms with E-state index in [0.717, 1.165) is 37.5 Å². The minimum atomic E-state index is -1.31. The summed E-state index contributed by atoms with van der Waals surface area (Å²) in [5.74, 6) is 0.665. The Bertz CT molecular complexity index is 1200. The van der Waals surface area contributed by atoms with Gasteiger partial charge >= 0.3 is 6.09 Å². The zero-order chi connectivity index (χ0) is 25.2. The van der Waals surface area contributed by atoms with Crippen molar-refractivity contribution >= 4 is 23.5 Å². The van der Waals surface area contributed by atoms with Crippen molar-refractivity contribution in [1.82, 2.24) is 34.8 Å². The Morgan fingerprint density at radius 2 is 2.19 bits per heavy atom. The van der Waals surface area contributed by atoms with Gasteiger partial charge in [-0.25, -0.2) is 19.2 Å². The number of carbonyl (C=O) groups excluding carboxylic acids is 1. The van der Waals surface area contributed by atoms with Gasteiger partial charge in [0.25, 0.3) is 0 Å². The van der Waals surface area contributed by atoms with Gasteiger partial charge in [0.2, 0.25) is 5.95 Å². The van der Waals surface area contributed by atoms with Crippen LogP contribution in [0, 0.1) is 0 Å². The van der Waals surface area contributed by atoms with Crippen LogP contribution in [0.5, 0.6) is 0 Å². The summed E-state index contributed by atoms with van der Waals surface area (Å²) in [4.78, 5) is 23.4. The molecule has 0 spiro atoms. The topological polar surface area (TPSA) is 122 Å². The van der Waals surface area contributed by atoms with Crippen LogP contribution in [-0.4, -0.2) is 80.2 Å². The number of alkyl halides is 1. The molecule has 2 aliphatic rings. The highest BCUT2D eigenvalue weighted by molar-refractivity contribution is 5.67. The first-order valence-electron chi connectivity index (χ1n) is 12.4. The number of aromatic nitrogens is 5.